The molecule has 0 aromatic rings. The van der Waals surface area contributed by atoms with Gasteiger partial charge in [-0.1, -0.05) is 25.5 Å². The van der Waals surface area contributed by atoms with Gasteiger partial charge in [-0.2, -0.15) is 0 Å². The van der Waals surface area contributed by atoms with Gasteiger partial charge in [-0.15, -0.1) is 0 Å². The fourth-order valence-electron chi connectivity index (χ4n) is 2.91. The van der Waals surface area contributed by atoms with Crippen LogP contribution in [0.2, 0.25) is 0 Å². The number of hydrogen-bond acceptors (Lipinski definition) is 2. The van der Waals surface area contributed by atoms with Gasteiger partial charge in [0.2, 0.25) is 0 Å². The van der Waals surface area contributed by atoms with E-state index < -0.39 is 0 Å². The fraction of sp³-hybridized carbons (Fsp3) is 0.684. The summed E-state index contributed by atoms with van der Waals surface area (Å²) in [5.74, 6) is 0.758. The average Bonchev–Trinajstić information content (AvgIpc) is 2.64. The number of aliphatic imine (C=N–C) groups is 1. The highest BCUT2D eigenvalue weighted by Crippen LogP contribution is 2.30. The number of likely N-dealkylation sites (tertiary alicyclic amines) is 1. The van der Waals surface area contributed by atoms with E-state index in [-0.39, 0.29) is 5.91 Å². The van der Waals surface area contributed by atoms with E-state index in [4.69, 9.17) is 0 Å². The highest BCUT2D eigenvalue weighted by molar-refractivity contribution is 6.21. The van der Waals surface area contributed by atoms with Crippen molar-refractivity contribution in [1.82, 2.24) is 10.2 Å². The van der Waals surface area contributed by atoms with Crippen LogP contribution < -0.4 is 5.32 Å². The minimum atomic E-state index is -0.0651. The van der Waals surface area contributed by atoms with Crippen LogP contribution in [0.3, 0.4) is 0 Å². The van der Waals surface area contributed by atoms with Crippen molar-refractivity contribution in [2.45, 2.75) is 60.8 Å². The van der Waals surface area contributed by atoms with Gasteiger partial charge in [0.1, 0.15) is 5.84 Å². The number of rotatable bonds is 3. The molecule has 0 aromatic carbocycles. The molecule has 0 atom stereocenters. The molecule has 1 N–H and O–H groups in total. The Morgan fingerprint density at radius 1 is 1.17 bits per heavy atom. The fourth-order valence-corrected chi connectivity index (χ4v) is 2.91. The van der Waals surface area contributed by atoms with Gasteiger partial charge in [-0.3, -0.25) is 9.79 Å². The van der Waals surface area contributed by atoms with Crippen molar-refractivity contribution >= 4 is 11.7 Å². The van der Waals surface area contributed by atoms with Gasteiger partial charge in [-0.25, -0.2) is 0 Å². The molecule has 0 aromatic heterocycles. The SMILES string of the molecule is C/C=C(\C)NC(=O)C(C(=NC)N1CCCC(C)(C)CC1)=C(C)C. The van der Waals surface area contributed by atoms with Crippen LogP contribution in [-0.2, 0) is 4.79 Å². The summed E-state index contributed by atoms with van der Waals surface area (Å²) in [6, 6.07) is 0. The highest BCUT2D eigenvalue weighted by Gasteiger charge is 2.28. The summed E-state index contributed by atoms with van der Waals surface area (Å²) in [6.07, 6.45) is 5.38. The maximum Gasteiger partial charge on any atom is 0.259 e. The molecule has 1 aliphatic rings. The molecular weight excluding hydrogens is 286 g/mol. The Morgan fingerprint density at radius 3 is 2.35 bits per heavy atom. The number of carbonyl (C=O) groups excluding carboxylic acids is 1. The lowest BCUT2D eigenvalue weighted by Gasteiger charge is -2.27. The molecule has 1 aliphatic heterocycles. The largest absolute Gasteiger partial charge is 0.356 e. The van der Waals surface area contributed by atoms with E-state index in [1.54, 1.807) is 7.05 Å². The van der Waals surface area contributed by atoms with Crippen LogP contribution in [0.15, 0.2) is 27.9 Å². The number of allylic oxidation sites excluding steroid dienone is 3. The standard InChI is InChI=1S/C19H33N3O/c1-8-15(4)21-18(23)16(14(2)3)17(20-7)22-12-9-10-19(5,6)11-13-22/h8H,9-13H2,1-7H3,(H,21,23)/b15-8+,20-17?. The number of carbonyl (C=O) groups is 1. The first-order valence-electron chi connectivity index (χ1n) is 8.55. The summed E-state index contributed by atoms with van der Waals surface area (Å²) in [4.78, 5) is 19.5. The molecule has 0 unspecified atom stereocenters. The van der Waals surface area contributed by atoms with Crippen molar-refractivity contribution in [3.8, 4) is 0 Å². The van der Waals surface area contributed by atoms with Crippen molar-refractivity contribution in [3.05, 3.63) is 22.9 Å². The zero-order valence-electron chi connectivity index (χ0n) is 15.9. The Balaban J connectivity index is 3.05. The molecule has 0 bridgehead atoms. The Morgan fingerprint density at radius 2 is 1.83 bits per heavy atom. The van der Waals surface area contributed by atoms with Crippen molar-refractivity contribution in [2.24, 2.45) is 10.4 Å². The van der Waals surface area contributed by atoms with Gasteiger partial charge in [0, 0.05) is 25.8 Å². The van der Waals surface area contributed by atoms with Crippen molar-refractivity contribution in [2.75, 3.05) is 20.1 Å². The Bertz CT molecular complexity index is 523. The van der Waals surface area contributed by atoms with E-state index in [2.05, 4.69) is 29.1 Å². The van der Waals surface area contributed by atoms with E-state index in [0.29, 0.717) is 11.0 Å². The first-order chi connectivity index (χ1) is 10.7. The second-order valence-corrected chi connectivity index (χ2v) is 7.35. The monoisotopic (exact) mass is 319 g/mol. The van der Waals surface area contributed by atoms with Crippen LogP contribution in [0.5, 0.6) is 0 Å². The third kappa shape index (κ3) is 5.52. The molecule has 0 saturated carbocycles. The number of nitrogens with one attached hydrogen (secondary N) is 1. The van der Waals surface area contributed by atoms with Gasteiger partial charge >= 0.3 is 0 Å². The minimum Gasteiger partial charge on any atom is -0.356 e. The van der Waals surface area contributed by atoms with E-state index in [0.717, 1.165) is 43.0 Å². The average molecular weight is 319 g/mol. The third-order valence-corrected chi connectivity index (χ3v) is 4.55. The molecular formula is C19H33N3O. The molecule has 0 aliphatic carbocycles. The Kier molecular flexibility index (Phi) is 7.04. The molecule has 1 rings (SSSR count). The van der Waals surface area contributed by atoms with Crippen LogP contribution in [0, 0.1) is 5.41 Å². The molecule has 4 heteroatoms. The van der Waals surface area contributed by atoms with E-state index in [9.17, 15) is 4.79 Å². The van der Waals surface area contributed by atoms with Gasteiger partial charge in [0.15, 0.2) is 0 Å². The summed E-state index contributed by atoms with van der Waals surface area (Å²) < 4.78 is 0. The second kappa shape index (κ2) is 8.32. The van der Waals surface area contributed by atoms with E-state index in [1.165, 1.54) is 6.42 Å². The molecule has 23 heavy (non-hydrogen) atoms. The molecule has 1 fully saturated rings. The van der Waals surface area contributed by atoms with Crippen molar-refractivity contribution in [1.29, 1.82) is 0 Å². The molecule has 1 amide bonds. The Hall–Kier alpha value is -1.58. The number of amidine groups is 1. The Labute approximate surface area is 141 Å². The predicted octanol–water partition coefficient (Wildman–Crippen LogP) is 3.90. The molecule has 130 valence electrons. The van der Waals surface area contributed by atoms with Crippen molar-refractivity contribution in [3.63, 3.8) is 0 Å². The van der Waals surface area contributed by atoms with Gasteiger partial charge in [0.05, 0.1) is 5.57 Å². The lowest BCUT2D eigenvalue weighted by atomic mass is 9.85. The molecule has 1 saturated heterocycles. The van der Waals surface area contributed by atoms with E-state index in [1.807, 2.05) is 33.8 Å². The second-order valence-electron chi connectivity index (χ2n) is 7.35. The number of hydrogen-bond donors (Lipinski definition) is 1. The number of nitrogens with zero attached hydrogens (tertiary/aromatic N) is 2. The first-order valence-corrected chi connectivity index (χ1v) is 8.55. The highest BCUT2D eigenvalue weighted by atomic mass is 16.1. The summed E-state index contributed by atoms with van der Waals surface area (Å²) >= 11 is 0. The third-order valence-electron chi connectivity index (χ3n) is 4.55. The minimum absolute atomic E-state index is 0.0651. The van der Waals surface area contributed by atoms with Gasteiger partial charge in [0.25, 0.3) is 5.91 Å². The van der Waals surface area contributed by atoms with Gasteiger partial charge < -0.3 is 10.2 Å². The quantitative estimate of drug-likeness (QED) is 0.487. The van der Waals surface area contributed by atoms with Crippen LogP contribution in [0.25, 0.3) is 0 Å². The number of amides is 1. The maximum absolute atomic E-state index is 12.7. The van der Waals surface area contributed by atoms with Gasteiger partial charge in [-0.05, 0) is 52.4 Å². The lowest BCUT2D eigenvalue weighted by Crippen LogP contribution is -2.39. The zero-order chi connectivity index (χ0) is 17.6. The predicted molar refractivity (Wildman–Crippen MR) is 98.5 cm³/mol. The summed E-state index contributed by atoms with van der Waals surface area (Å²) in [7, 11) is 1.78. The lowest BCUT2D eigenvalue weighted by molar-refractivity contribution is -0.116. The summed E-state index contributed by atoms with van der Waals surface area (Å²) in [5.41, 5.74) is 2.92. The molecule has 0 spiro atoms. The molecule has 0 radical (unpaired) electrons. The van der Waals surface area contributed by atoms with E-state index >= 15 is 0 Å². The molecule has 1 heterocycles. The maximum atomic E-state index is 12.7. The van der Waals surface area contributed by atoms with Crippen LogP contribution in [0.4, 0.5) is 0 Å². The molecule has 4 nitrogen and oxygen atoms in total. The normalized spacial score (nSPS) is 19.2. The van der Waals surface area contributed by atoms with Crippen molar-refractivity contribution < 1.29 is 4.79 Å². The zero-order valence-corrected chi connectivity index (χ0v) is 15.9. The van der Waals surface area contributed by atoms with Crippen LogP contribution in [0.1, 0.15) is 60.8 Å². The summed E-state index contributed by atoms with van der Waals surface area (Å²) in [6.45, 7) is 14.3. The smallest absolute Gasteiger partial charge is 0.259 e. The first kappa shape index (κ1) is 19.5. The topological polar surface area (TPSA) is 44.7 Å². The van der Waals surface area contributed by atoms with Crippen LogP contribution in [-0.4, -0.2) is 36.8 Å². The summed E-state index contributed by atoms with van der Waals surface area (Å²) in [5, 5.41) is 2.95. The van der Waals surface area contributed by atoms with Crippen LogP contribution >= 0.6 is 0 Å².